The van der Waals surface area contributed by atoms with Crippen molar-refractivity contribution in [3.8, 4) is 11.5 Å². The highest BCUT2D eigenvalue weighted by Gasteiger charge is 2.61. The Kier molecular flexibility index (Phi) is 12.4. The molecule has 8 atom stereocenters. The van der Waals surface area contributed by atoms with E-state index in [-0.39, 0.29) is 37.5 Å². The van der Waals surface area contributed by atoms with E-state index in [0.717, 1.165) is 50.6 Å². The summed E-state index contributed by atoms with van der Waals surface area (Å²) in [5, 5.41) is 16.8. The smallest absolute Gasteiger partial charge is 0.408 e. The van der Waals surface area contributed by atoms with Crippen molar-refractivity contribution >= 4 is 46.4 Å². The Morgan fingerprint density at radius 1 is 1.00 bits per heavy atom. The molecule has 2 heterocycles. The van der Waals surface area contributed by atoms with Crippen LogP contribution in [-0.4, -0.2) is 102 Å². The third-order valence-electron chi connectivity index (χ3n) is 13.1. The van der Waals surface area contributed by atoms with E-state index in [4.69, 9.17) is 40.3 Å². The highest BCUT2D eigenvalue weighted by molar-refractivity contribution is 6.36. The van der Waals surface area contributed by atoms with Crippen LogP contribution in [0.15, 0.2) is 18.2 Å². The largest absolute Gasteiger partial charge is 0.488 e. The lowest BCUT2D eigenvalue weighted by atomic mass is 9.85. The number of nitrogens with zero attached hydrogens (tertiary/aromatic N) is 2. The van der Waals surface area contributed by atoms with Crippen LogP contribution in [0, 0.1) is 23.2 Å². The SMILES string of the molecule is CC[C@@H]1C[C@]1(NC(=O)[C@@H]1C[C@@H](Oc2cc(C3CCCCC3)nc3c(Cl)c(OCC(OC)OC)ccc23)CN1C(=O)[C@@H](NC(=O)OC1C[C@@H]2C[C@@H]2C1)C(C)(C)C)C(=O)O. The van der Waals surface area contributed by atoms with Crippen LogP contribution >= 0.6 is 11.6 Å². The van der Waals surface area contributed by atoms with Crippen molar-refractivity contribution < 1.29 is 48.0 Å². The number of rotatable bonds is 15. The summed E-state index contributed by atoms with van der Waals surface area (Å²) in [5.41, 5.74) is -0.821. The Morgan fingerprint density at radius 2 is 1.71 bits per heavy atom. The molecule has 1 aromatic heterocycles. The summed E-state index contributed by atoms with van der Waals surface area (Å²) in [5.74, 6) is -0.0492. The fraction of sp³-hybridized carbons (Fsp3) is 0.698. The van der Waals surface area contributed by atoms with Crippen LogP contribution in [0.2, 0.25) is 5.02 Å². The van der Waals surface area contributed by atoms with Crippen LogP contribution in [0.25, 0.3) is 10.9 Å². The standard InChI is InChI=1S/C43H59ClN4O10/c1-7-26-20-43(26,40(51)52)47-38(49)31-18-28(21-48(31)39(50)37(42(2,3)4)46-41(53)58-27-16-24-15-25(24)17-27)57-33-19-30(23-11-9-8-10-12-23)45-36-29(33)13-14-32(35(36)44)56-22-34(54-5)55-6/h13-14,19,23-28,31,34,37H,7-12,15-18,20-22H2,1-6H3,(H,46,53)(H,47,49)(H,51,52)/t24-,25+,26-,27?,28-,31+,37-,43-/m1/s1. The molecule has 3 amide bonds. The second kappa shape index (κ2) is 17.0. The number of carboxylic acid groups (broad SMARTS) is 1. The molecule has 3 N–H and O–H groups in total. The van der Waals surface area contributed by atoms with E-state index in [0.29, 0.717) is 52.1 Å². The summed E-state index contributed by atoms with van der Waals surface area (Å²) in [7, 11) is 3.05. The Hall–Kier alpha value is -3.88. The van der Waals surface area contributed by atoms with Crippen molar-refractivity contribution in [2.75, 3.05) is 27.4 Å². The summed E-state index contributed by atoms with van der Waals surface area (Å²) in [6.07, 6.45) is 6.96. The first kappa shape index (κ1) is 42.3. The number of hydrogen-bond acceptors (Lipinski definition) is 10. The third-order valence-corrected chi connectivity index (χ3v) is 13.5. The van der Waals surface area contributed by atoms with Gasteiger partial charge >= 0.3 is 12.1 Å². The number of hydrogen-bond donors (Lipinski definition) is 3. The average Bonchev–Trinajstić information content (AvgIpc) is 4.01. The molecule has 318 valence electrons. The zero-order valence-electron chi connectivity index (χ0n) is 34.5. The van der Waals surface area contributed by atoms with Gasteiger partial charge in [0, 0.05) is 43.7 Å². The molecule has 5 fully saturated rings. The van der Waals surface area contributed by atoms with Gasteiger partial charge in [-0.2, -0.15) is 0 Å². The first-order valence-corrected chi connectivity index (χ1v) is 21.3. The van der Waals surface area contributed by atoms with Crippen LogP contribution in [0.5, 0.6) is 11.5 Å². The molecule has 4 aliphatic carbocycles. The monoisotopic (exact) mass is 826 g/mol. The number of carbonyl (C=O) groups is 4. The van der Waals surface area contributed by atoms with Crippen LogP contribution in [0.1, 0.15) is 110 Å². The fourth-order valence-electron chi connectivity index (χ4n) is 9.46. The van der Waals surface area contributed by atoms with Gasteiger partial charge in [-0.1, -0.05) is 65.0 Å². The molecule has 2 aromatic rings. The molecule has 15 heteroatoms. The Labute approximate surface area is 345 Å². The van der Waals surface area contributed by atoms with Crippen molar-refractivity contribution in [2.24, 2.45) is 23.2 Å². The number of halogens is 1. The number of carboxylic acids is 1. The van der Waals surface area contributed by atoms with Gasteiger partial charge in [0.25, 0.3) is 0 Å². The summed E-state index contributed by atoms with van der Waals surface area (Å²) in [6.45, 7) is 7.54. The van der Waals surface area contributed by atoms with Crippen molar-refractivity contribution in [1.82, 2.24) is 20.5 Å². The first-order chi connectivity index (χ1) is 27.6. The minimum absolute atomic E-state index is 0.0103. The number of ether oxygens (including phenoxy) is 5. The molecule has 58 heavy (non-hydrogen) atoms. The number of likely N-dealkylation sites (tertiary alicyclic amines) is 1. The van der Waals surface area contributed by atoms with E-state index in [1.165, 1.54) is 25.5 Å². The van der Waals surface area contributed by atoms with Crippen LogP contribution in [0.3, 0.4) is 0 Å². The zero-order chi connectivity index (χ0) is 41.5. The molecule has 0 radical (unpaired) electrons. The number of alkyl carbamates (subject to hydrolysis) is 1. The number of nitrogens with one attached hydrogen (secondary N) is 2. The quantitative estimate of drug-likeness (QED) is 0.165. The molecular formula is C43H59ClN4O10. The Balaban J connectivity index is 1.18. The average molecular weight is 827 g/mol. The zero-order valence-corrected chi connectivity index (χ0v) is 35.3. The molecule has 1 aromatic carbocycles. The maximum atomic E-state index is 14.7. The van der Waals surface area contributed by atoms with Crippen LogP contribution in [-0.2, 0) is 28.6 Å². The number of benzene rings is 1. The number of aliphatic carboxylic acids is 1. The van der Waals surface area contributed by atoms with Crippen molar-refractivity contribution in [2.45, 2.75) is 140 Å². The molecule has 14 nitrogen and oxygen atoms in total. The van der Waals surface area contributed by atoms with Crippen molar-refractivity contribution in [3.05, 3.63) is 28.9 Å². The van der Waals surface area contributed by atoms with Crippen LogP contribution in [0.4, 0.5) is 4.79 Å². The van der Waals surface area contributed by atoms with Gasteiger partial charge in [0.2, 0.25) is 11.8 Å². The van der Waals surface area contributed by atoms with E-state index in [1.807, 2.05) is 39.8 Å². The summed E-state index contributed by atoms with van der Waals surface area (Å²) in [4.78, 5) is 61.2. The van der Waals surface area contributed by atoms with Gasteiger partial charge in [0.1, 0.15) is 53.0 Å². The topological polar surface area (TPSA) is 175 Å². The third kappa shape index (κ3) is 8.84. The van der Waals surface area contributed by atoms with Crippen LogP contribution < -0.4 is 20.1 Å². The van der Waals surface area contributed by atoms with Gasteiger partial charge in [-0.3, -0.25) is 14.6 Å². The lowest BCUT2D eigenvalue weighted by molar-refractivity contribution is -0.146. The number of aromatic nitrogens is 1. The predicted molar refractivity (Wildman–Crippen MR) is 215 cm³/mol. The summed E-state index contributed by atoms with van der Waals surface area (Å²) < 4.78 is 29.2. The highest BCUT2D eigenvalue weighted by atomic mass is 35.5. The second-order valence-electron chi connectivity index (χ2n) is 18.1. The minimum Gasteiger partial charge on any atom is -0.488 e. The molecular weight excluding hydrogens is 768 g/mol. The maximum absolute atomic E-state index is 14.7. The van der Waals surface area contributed by atoms with Crippen molar-refractivity contribution in [1.29, 1.82) is 0 Å². The van der Waals surface area contributed by atoms with E-state index in [9.17, 15) is 24.3 Å². The van der Waals surface area contributed by atoms with E-state index in [2.05, 4.69) is 10.6 Å². The van der Waals surface area contributed by atoms with E-state index >= 15 is 0 Å². The number of carbonyl (C=O) groups excluding carboxylic acids is 3. The van der Waals surface area contributed by atoms with E-state index in [1.54, 1.807) is 6.07 Å². The Morgan fingerprint density at radius 3 is 2.33 bits per heavy atom. The summed E-state index contributed by atoms with van der Waals surface area (Å²) in [6, 6.07) is 3.39. The lowest BCUT2D eigenvalue weighted by Gasteiger charge is -2.35. The molecule has 1 aliphatic heterocycles. The molecule has 4 saturated carbocycles. The normalized spacial score (nSPS) is 28.5. The molecule has 1 saturated heterocycles. The molecule has 0 bridgehead atoms. The number of pyridine rings is 1. The maximum Gasteiger partial charge on any atom is 0.408 e. The van der Waals surface area contributed by atoms with E-state index < -0.39 is 59.3 Å². The first-order valence-electron chi connectivity index (χ1n) is 21.0. The fourth-order valence-corrected chi connectivity index (χ4v) is 9.72. The predicted octanol–water partition coefficient (Wildman–Crippen LogP) is 6.59. The molecule has 7 rings (SSSR count). The lowest BCUT2D eigenvalue weighted by Crippen LogP contribution is -2.59. The number of amides is 3. The second-order valence-corrected chi connectivity index (χ2v) is 18.5. The number of fused-ring (bicyclic) bond motifs is 2. The molecule has 5 aliphatic rings. The highest BCUT2D eigenvalue weighted by Crippen LogP contribution is 2.52. The van der Waals surface area contributed by atoms with Gasteiger partial charge in [-0.05, 0) is 73.8 Å². The Bertz CT molecular complexity index is 1870. The molecule has 0 spiro atoms. The van der Waals surface area contributed by atoms with Gasteiger partial charge in [-0.15, -0.1) is 0 Å². The van der Waals surface area contributed by atoms with Gasteiger partial charge in [0.05, 0.1) is 12.1 Å². The molecule has 1 unspecified atom stereocenters. The number of methoxy groups -OCH3 is 2. The summed E-state index contributed by atoms with van der Waals surface area (Å²) >= 11 is 7.02. The van der Waals surface area contributed by atoms with Crippen molar-refractivity contribution in [3.63, 3.8) is 0 Å². The minimum atomic E-state index is -1.40. The van der Waals surface area contributed by atoms with Gasteiger partial charge in [0.15, 0.2) is 6.29 Å². The van der Waals surface area contributed by atoms with Gasteiger partial charge < -0.3 is 44.3 Å². The van der Waals surface area contributed by atoms with Gasteiger partial charge in [-0.25, -0.2) is 9.59 Å².